The molecule has 2 heterocycles. The van der Waals surface area contributed by atoms with Crippen molar-refractivity contribution in [2.75, 3.05) is 13.1 Å². The molecule has 21 heavy (non-hydrogen) atoms. The molecular formula is C11H12N6O4. The number of hydrogen-bond donors (Lipinski definition) is 2. The highest BCUT2D eigenvalue weighted by Gasteiger charge is 2.23. The third kappa shape index (κ3) is 2.94. The molecule has 2 rings (SSSR count). The summed E-state index contributed by atoms with van der Waals surface area (Å²) < 4.78 is 1.34. The fourth-order valence-corrected chi connectivity index (χ4v) is 1.82. The molecule has 110 valence electrons. The number of carboxylic acids is 1. The second kappa shape index (κ2) is 5.53. The second-order valence-corrected chi connectivity index (χ2v) is 4.25. The molecule has 0 aliphatic heterocycles. The number of fused-ring (bicyclic) bond motifs is 1. The van der Waals surface area contributed by atoms with E-state index in [9.17, 15) is 14.4 Å². The topological polar surface area (TPSA) is 144 Å². The van der Waals surface area contributed by atoms with Crippen LogP contribution >= 0.6 is 0 Å². The summed E-state index contributed by atoms with van der Waals surface area (Å²) in [5, 5.41) is 12.7. The Hall–Kier alpha value is -3.04. The zero-order valence-electron chi connectivity index (χ0n) is 11.1. The zero-order chi connectivity index (χ0) is 15.6. The number of aryl methyl sites for hydroxylation is 1. The smallest absolute Gasteiger partial charge is 0.323 e. The van der Waals surface area contributed by atoms with Gasteiger partial charge in [-0.25, -0.2) is 9.50 Å². The quantitative estimate of drug-likeness (QED) is 0.678. The van der Waals surface area contributed by atoms with Gasteiger partial charge in [0.05, 0.1) is 11.3 Å². The average molecular weight is 292 g/mol. The van der Waals surface area contributed by atoms with Crippen LogP contribution in [-0.2, 0) is 9.59 Å². The van der Waals surface area contributed by atoms with Gasteiger partial charge in [-0.1, -0.05) is 0 Å². The molecule has 10 heteroatoms. The van der Waals surface area contributed by atoms with Crippen molar-refractivity contribution in [3.63, 3.8) is 0 Å². The monoisotopic (exact) mass is 292 g/mol. The SMILES string of the molecule is Cc1c(C(=O)N(CC(N)=O)CC(=O)O)cnc2ncnn12. The molecule has 3 N–H and O–H groups in total. The van der Waals surface area contributed by atoms with Crippen molar-refractivity contribution in [1.82, 2.24) is 24.5 Å². The lowest BCUT2D eigenvalue weighted by Crippen LogP contribution is -2.42. The van der Waals surface area contributed by atoms with Gasteiger partial charge in [-0.3, -0.25) is 14.4 Å². The van der Waals surface area contributed by atoms with Crippen LogP contribution in [0.1, 0.15) is 16.1 Å². The first-order valence-corrected chi connectivity index (χ1v) is 5.85. The van der Waals surface area contributed by atoms with Crippen LogP contribution in [0.3, 0.4) is 0 Å². The Morgan fingerprint density at radius 3 is 2.67 bits per heavy atom. The fraction of sp³-hybridized carbons (Fsp3) is 0.273. The number of amides is 2. The Bertz CT molecular complexity index is 709. The third-order valence-electron chi connectivity index (χ3n) is 2.74. The predicted molar refractivity (Wildman–Crippen MR) is 68.3 cm³/mol. The Balaban J connectivity index is 2.39. The number of primary amides is 1. The van der Waals surface area contributed by atoms with Crippen molar-refractivity contribution in [2.24, 2.45) is 5.73 Å². The molecule has 2 aromatic heterocycles. The molecule has 2 aromatic rings. The Labute approximate surface area is 118 Å². The number of carbonyl (C=O) groups is 3. The highest BCUT2D eigenvalue weighted by Crippen LogP contribution is 2.10. The van der Waals surface area contributed by atoms with E-state index in [1.807, 2.05) is 0 Å². The number of carbonyl (C=O) groups excluding carboxylic acids is 2. The van der Waals surface area contributed by atoms with Crippen molar-refractivity contribution < 1.29 is 19.5 Å². The number of aliphatic carboxylic acids is 1. The van der Waals surface area contributed by atoms with E-state index in [0.29, 0.717) is 11.5 Å². The van der Waals surface area contributed by atoms with Crippen LogP contribution in [0.5, 0.6) is 0 Å². The van der Waals surface area contributed by atoms with Gasteiger partial charge in [0.15, 0.2) is 0 Å². The van der Waals surface area contributed by atoms with E-state index in [0.717, 1.165) is 4.90 Å². The predicted octanol–water partition coefficient (Wildman–Crippen LogP) is -1.56. The highest BCUT2D eigenvalue weighted by molar-refractivity contribution is 5.98. The summed E-state index contributed by atoms with van der Waals surface area (Å²) in [4.78, 5) is 42.8. The van der Waals surface area contributed by atoms with Crippen LogP contribution in [0.15, 0.2) is 12.5 Å². The Kier molecular flexibility index (Phi) is 3.78. The van der Waals surface area contributed by atoms with Crippen LogP contribution in [0, 0.1) is 6.92 Å². The largest absolute Gasteiger partial charge is 0.480 e. The molecule has 0 fully saturated rings. The van der Waals surface area contributed by atoms with Crippen molar-refractivity contribution in [2.45, 2.75) is 6.92 Å². The third-order valence-corrected chi connectivity index (χ3v) is 2.74. The minimum Gasteiger partial charge on any atom is -0.480 e. The lowest BCUT2D eigenvalue weighted by molar-refractivity contribution is -0.138. The number of hydrogen-bond acceptors (Lipinski definition) is 6. The summed E-state index contributed by atoms with van der Waals surface area (Å²) in [7, 11) is 0. The lowest BCUT2D eigenvalue weighted by Gasteiger charge is -2.19. The van der Waals surface area contributed by atoms with Crippen LogP contribution in [0.25, 0.3) is 5.78 Å². The average Bonchev–Trinajstić information content (AvgIpc) is 2.86. The van der Waals surface area contributed by atoms with Gasteiger partial charge in [0.1, 0.15) is 19.4 Å². The molecule has 10 nitrogen and oxygen atoms in total. The van der Waals surface area contributed by atoms with Crippen molar-refractivity contribution in [1.29, 1.82) is 0 Å². The van der Waals surface area contributed by atoms with E-state index in [-0.39, 0.29) is 5.56 Å². The van der Waals surface area contributed by atoms with Crippen LogP contribution in [0.2, 0.25) is 0 Å². The van der Waals surface area contributed by atoms with Gasteiger partial charge in [-0.2, -0.15) is 10.1 Å². The van der Waals surface area contributed by atoms with E-state index < -0.39 is 30.9 Å². The van der Waals surface area contributed by atoms with Gasteiger partial charge < -0.3 is 15.7 Å². The van der Waals surface area contributed by atoms with Gasteiger partial charge in [0.2, 0.25) is 5.91 Å². The normalized spacial score (nSPS) is 10.5. The molecule has 0 spiro atoms. The molecule has 2 amide bonds. The number of rotatable bonds is 5. The first-order valence-electron chi connectivity index (χ1n) is 5.85. The van der Waals surface area contributed by atoms with Crippen molar-refractivity contribution in [3.05, 3.63) is 23.8 Å². The van der Waals surface area contributed by atoms with E-state index >= 15 is 0 Å². The van der Waals surface area contributed by atoms with Gasteiger partial charge in [0.25, 0.3) is 11.7 Å². The first kappa shape index (κ1) is 14.4. The number of nitrogens with two attached hydrogens (primary N) is 1. The molecule has 0 saturated heterocycles. The maximum atomic E-state index is 12.4. The molecule has 0 bridgehead atoms. The zero-order valence-corrected chi connectivity index (χ0v) is 11.1. The highest BCUT2D eigenvalue weighted by atomic mass is 16.4. The Morgan fingerprint density at radius 1 is 1.33 bits per heavy atom. The van der Waals surface area contributed by atoms with Gasteiger partial charge >= 0.3 is 5.97 Å². The van der Waals surface area contributed by atoms with Crippen molar-refractivity contribution in [3.8, 4) is 0 Å². The van der Waals surface area contributed by atoms with E-state index in [1.54, 1.807) is 6.92 Å². The summed E-state index contributed by atoms with van der Waals surface area (Å²) >= 11 is 0. The standard InChI is InChI=1S/C11H12N6O4/c1-6-7(2-13-11-14-5-15-17(6)11)10(21)16(3-8(12)18)4-9(19)20/h2,5H,3-4H2,1H3,(H2,12,18)(H,19,20). The fourth-order valence-electron chi connectivity index (χ4n) is 1.82. The van der Waals surface area contributed by atoms with E-state index in [1.165, 1.54) is 17.0 Å². The van der Waals surface area contributed by atoms with E-state index in [4.69, 9.17) is 10.8 Å². The minimum atomic E-state index is -1.25. The summed E-state index contributed by atoms with van der Waals surface area (Å²) in [5.74, 6) is -2.42. The van der Waals surface area contributed by atoms with Gasteiger partial charge in [-0.05, 0) is 6.92 Å². The molecule has 0 aromatic carbocycles. The van der Waals surface area contributed by atoms with Crippen LogP contribution in [0.4, 0.5) is 0 Å². The molecule has 0 saturated carbocycles. The number of carboxylic acid groups (broad SMARTS) is 1. The lowest BCUT2D eigenvalue weighted by atomic mass is 10.2. The molecule has 0 unspecified atom stereocenters. The molecular weight excluding hydrogens is 280 g/mol. The summed E-state index contributed by atoms with van der Waals surface area (Å²) in [6.45, 7) is 0.469. The first-order chi connectivity index (χ1) is 9.90. The Morgan fingerprint density at radius 2 is 2.05 bits per heavy atom. The maximum Gasteiger partial charge on any atom is 0.323 e. The number of aromatic nitrogens is 4. The van der Waals surface area contributed by atoms with Gasteiger partial charge in [0, 0.05) is 6.20 Å². The molecule has 0 aliphatic rings. The van der Waals surface area contributed by atoms with E-state index in [2.05, 4.69) is 15.1 Å². The van der Waals surface area contributed by atoms with Gasteiger partial charge in [-0.15, -0.1) is 0 Å². The molecule has 0 atom stereocenters. The molecule has 0 aliphatic carbocycles. The molecule has 0 radical (unpaired) electrons. The van der Waals surface area contributed by atoms with Crippen molar-refractivity contribution >= 4 is 23.6 Å². The summed E-state index contributed by atoms with van der Waals surface area (Å²) in [6.07, 6.45) is 2.54. The summed E-state index contributed by atoms with van der Waals surface area (Å²) in [6, 6.07) is 0. The number of nitrogens with zero attached hydrogens (tertiary/aromatic N) is 5. The van der Waals surface area contributed by atoms with Crippen LogP contribution < -0.4 is 5.73 Å². The minimum absolute atomic E-state index is 0.121. The van der Waals surface area contributed by atoms with Crippen LogP contribution in [-0.4, -0.2) is 60.5 Å². The second-order valence-electron chi connectivity index (χ2n) is 4.25. The summed E-state index contributed by atoms with van der Waals surface area (Å²) in [5.41, 5.74) is 5.58. The maximum absolute atomic E-state index is 12.4.